The van der Waals surface area contributed by atoms with Crippen LogP contribution in [-0.2, 0) is 0 Å². The van der Waals surface area contributed by atoms with Gasteiger partial charge in [0.05, 0.1) is 11.2 Å². The molecule has 0 unspecified atom stereocenters. The van der Waals surface area contributed by atoms with Crippen LogP contribution in [0.25, 0.3) is 33.3 Å². The Morgan fingerprint density at radius 2 is 1.48 bits per heavy atom. The topological polar surface area (TPSA) is 25.8 Å². The van der Waals surface area contributed by atoms with Gasteiger partial charge in [-0.05, 0) is 60.0 Å². The Kier molecular flexibility index (Phi) is 3.35. The van der Waals surface area contributed by atoms with E-state index in [1.54, 1.807) is 0 Å². The minimum atomic E-state index is 1.00. The van der Waals surface area contributed by atoms with Crippen LogP contribution < -0.4 is 0 Å². The number of rotatable bonds is 2. The summed E-state index contributed by atoms with van der Waals surface area (Å²) in [5, 5.41) is 1.17. The van der Waals surface area contributed by atoms with Gasteiger partial charge < -0.3 is 0 Å². The van der Waals surface area contributed by atoms with Crippen LogP contribution in [0, 0.1) is 6.92 Å². The summed E-state index contributed by atoms with van der Waals surface area (Å²) in [6.07, 6.45) is 3.65. The molecule has 4 aromatic rings. The van der Waals surface area contributed by atoms with Gasteiger partial charge in [0.1, 0.15) is 0 Å². The van der Waals surface area contributed by atoms with E-state index in [0.29, 0.717) is 0 Å². The summed E-state index contributed by atoms with van der Waals surface area (Å²) in [6, 6.07) is 23.1. The highest BCUT2D eigenvalue weighted by Gasteiger charge is 2.05. The molecule has 0 aliphatic rings. The highest BCUT2D eigenvalue weighted by atomic mass is 14.7. The first-order valence-electron chi connectivity index (χ1n) is 7.68. The zero-order chi connectivity index (χ0) is 15.6. The Morgan fingerprint density at radius 1 is 0.696 bits per heavy atom. The van der Waals surface area contributed by atoms with E-state index in [9.17, 15) is 0 Å². The molecule has 0 aliphatic carbocycles. The van der Waals surface area contributed by atoms with Crippen LogP contribution in [0.4, 0.5) is 0 Å². The molecule has 2 heteroatoms. The predicted molar refractivity (Wildman–Crippen MR) is 95.1 cm³/mol. The van der Waals surface area contributed by atoms with Crippen LogP contribution >= 0.6 is 0 Å². The molecule has 0 bridgehead atoms. The maximum atomic E-state index is 4.81. The van der Waals surface area contributed by atoms with Crippen molar-refractivity contribution in [3.8, 4) is 22.4 Å². The van der Waals surface area contributed by atoms with Crippen LogP contribution in [-0.4, -0.2) is 9.97 Å². The summed E-state index contributed by atoms with van der Waals surface area (Å²) in [4.78, 5) is 8.90. The van der Waals surface area contributed by atoms with E-state index in [1.807, 2.05) is 36.7 Å². The smallest absolute Gasteiger partial charge is 0.0710 e. The number of benzene rings is 2. The number of aryl methyl sites for hydroxylation is 1. The fourth-order valence-corrected chi connectivity index (χ4v) is 2.87. The van der Waals surface area contributed by atoms with Crippen LogP contribution in [0.3, 0.4) is 0 Å². The number of nitrogens with zero attached hydrogens (tertiary/aromatic N) is 2. The van der Waals surface area contributed by atoms with Gasteiger partial charge in [0, 0.05) is 23.3 Å². The van der Waals surface area contributed by atoms with Crippen molar-refractivity contribution in [1.82, 2.24) is 9.97 Å². The third kappa shape index (κ3) is 2.71. The van der Waals surface area contributed by atoms with Gasteiger partial charge in [-0.15, -0.1) is 0 Å². The van der Waals surface area contributed by atoms with Crippen molar-refractivity contribution in [2.75, 3.05) is 0 Å². The standard InChI is InChI=1S/C21H16N2/c1-15-12-18(16-8-10-22-11-9-16)14-19(13-15)21-7-6-17-4-2-3-5-20(17)23-21/h2-14H,1H3. The lowest BCUT2D eigenvalue weighted by Gasteiger charge is -2.08. The van der Waals surface area contributed by atoms with Crippen molar-refractivity contribution in [2.45, 2.75) is 6.92 Å². The molecule has 0 N–H and O–H groups in total. The van der Waals surface area contributed by atoms with Crippen molar-refractivity contribution in [2.24, 2.45) is 0 Å². The Morgan fingerprint density at radius 3 is 2.35 bits per heavy atom. The van der Waals surface area contributed by atoms with Gasteiger partial charge in [0.2, 0.25) is 0 Å². The highest BCUT2D eigenvalue weighted by Crippen LogP contribution is 2.28. The molecule has 2 heterocycles. The summed E-state index contributed by atoms with van der Waals surface area (Å²) < 4.78 is 0. The molecule has 2 aromatic heterocycles. The second-order valence-electron chi connectivity index (χ2n) is 5.71. The molecule has 4 rings (SSSR count). The van der Waals surface area contributed by atoms with Gasteiger partial charge in [0.25, 0.3) is 0 Å². The molecule has 0 spiro atoms. The molecule has 2 nitrogen and oxygen atoms in total. The highest BCUT2D eigenvalue weighted by molar-refractivity contribution is 5.82. The minimum absolute atomic E-state index is 1.00. The number of para-hydroxylation sites is 1. The maximum absolute atomic E-state index is 4.81. The lowest BCUT2D eigenvalue weighted by atomic mass is 9.99. The lowest BCUT2D eigenvalue weighted by molar-refractivity contribution is 1.32. The average Bonchev–Trinajstić information content (AvgIpc) is 2.61. The maximum Gasteiger partial charge on any atom is 0.0710 e. The molecule has 0 amide bonds. The second-order valence-corrected chi connectivity index (χ2v) is 5.71. The number of hydrogen-bond donors (Lipinski definition) is 0. The second kappa shape index (κ2) is 5.65. The molecular weight excluding hydrogens is 280 g/mol. The summed E-state index contributed by atoms with van der Waals surface area (Å²) >= 11 is 0. The van der Waals surface area contributed by atoms with Gasteiger partial charge in [0.15, 0.2) is 0 Å². The molecular formula is C21H16N2. The number of pyridine rings is 2. The molecule has 0 saturated carbocycles. The summed E-state index contributed by atoms with van der Waals surface area (Å²) in [5.74, 6) is 0. The van der Waals surface area contributed by atoms with Crippen LogP contribution in [0.15, 0.2) is 79.1 Å². The van der Waals surface area contributed by atoms with E-state index in [4.69, 9.17) is 4.98 Å². The van der Waals surface area contributed by atoms with E-state index in [-0.39, 0.29) is 0 Å². The quantitative estimate of drug-likeness (QED) is 0.503. The van der Waals surface area contributed by atoms with E-state index in [0.717, 1.165) is 16.8 Å². The molecule has 23 heavy (non-hydrogen) atoms. The minimum Gasteiger partial charge on any atom is -0.265 e. The summed E-state index contributed by atoms with van der Waals surface area (Å²) in [5.41, 5.74) is 6.76. The third-order valence-corrected chi connectivity index (χ3v) is 3.99. The third-order valence-electron chi connectivity index (χ3n) is 3.99. The van der Waals surface area contributed by atoms with Crippen LogP contribution in [0.1, 0.15) is 5.56 Å². The number of aromatic nitrogens is 2. The van der Waals surface area contributed by atoms with Gasteiger partial charge in [-0.2, -0.15) is 0 Å². The zero-order valence-corrected chi connectivity index (χ0v) is 12.9. The summed E-state index contributed by atoms with van der Waals surface area (Å²) in [6.45, 7) is 2.12. The fraction of sp³-hybridized carbons (Fsp3) is 0.0476. The van der Waals surface area contributed by atoms with Gasteiger partial charge in [-0.1, -0.05) is 30.3 Å². The first-order valence-corrected chi connectivity index (χ1v) is 7.68. The fourth-order valence-electron chi connectivity index (χ4n) is 2.87. The van der Waals surface area contributed by atoms with Gasteiger partial charge in [-0.3, -0.25) is 4.98 Å². The Hall–Kier alpha value is -3.00. The molecule has 110 valence electrons. The first kappa shape index (κ1) is 13.6. The van der Waals surface area contributed by atoms with Crippen LogP contribution in [0.5, 0.6) is 0 Å². The Bertz CT molecular complexity index is 975. The summed E-state index contributed by atoms with van der Waals surface area (Å²) in [7, 11) is 0. The van der Waals surface area contributed by atoms with E-state index in [2.05, 4.69) is 54.4 Å². The SMILES string of the molecule is Cc1cc(-c2ccncc2)cc(-c2ccc3ccccc3n2)c1. The number of fused-ring (bicyclic) bond motifs is 1. The Labute approximate surface area is 135 Å². The van der Waals surface area contributed by atoms with Crippen molar-refractivity contribution in [3.05, 3.63) is 84.7 Å². The predicted octanol–water partition coefficient (Wildman–Crippen LogP) is 5.27. The van der Waals surface area contributed by atoms with Crippen LogP contribution in [0.2, 0.25) is 0 Å². The first-order chi connectivity index (χ1) is 11.3. The normalized spacial score (nSPS) is 10.8. The van der Waals surface area contributed by atoms with Gasteiger partial charge in [-0.25, -0.2) is 4.98 Å². The van der Waals surface area contributed by atoms with E-state index >= 15 is 0 Å². The van der Waals surface area contributed by atoms with Crippen molar-refractivity contribution >= 4 is 10.9 Å². The molecule has 0 radical (unpaired) electrons. The van der Waals surface area contributed by atoms with E-state index < -0.39 is 0 Å². The molecule has 2 aromatic carbocycles. The zero-order valence-electron chi connectivity index (χ0n) is 12.9. The Balaban J connectivity index is 1.86. The molecule has 0 atom stereocenters. The van der Waals surface area contributed by atoms with Crippen molar-refractivity contribution in [1.29, 1.82) is 0 Å². The van der Waals surface area contributed by atoms with Crippen molar-refractivity contribution < 1.29 is 0 Å². The lowest BCUT2D eigenvalue weighted by Crippen LogP contribution is -1.88. The van der Waals surface area contributed by atoms with Gasteiger partial charge >= 0.3 is 0 Å². The number of hydrogen-bond acceptors (Lipinski definition) is 2. The average molecular weight is 296 g/mol. The monoisotopic (exact) mass is 296 g/mol. The molecule has 0 saturated heterocycles. The largest absolute Gasteiger partial charge is 0.265 e. The molecule has 0 aliphatic heterocycles. The van der Waals surface area contributed by atoms with Crippen molar-refractivity contribution in [3.63, 3.8) is 0 Å². The van der Waals surface area contributed by atoms with E-state index in [1.165, 1.54) is 22.1 Å². The molecule has 0 fully saturated rings.